The monoisotopic (exact) mass is 289 g/mol. The molecule has 112 valence electrons. The zero-order chi connectivity index (χ0) is 15.2. The van der Waals surface area contributed by atoms with Gasteiger partial charge in [-0.15, -0.1) is 11.8 Å². The van der Waals surface area contributed by atoms with Gasteiger partial charge in [0.15, 0.2) is 0 Å². The van der Waals surface area contributed by atoms with Gasteiger partial charge in [-0.05, 0) is 31.9 Å². The van der Waals surface area contributed by atoms with E-state index in [1.165, 1.54) is 0 Å². The highest BCUT2D eigenvalue weighted by atomic mass is 32.2. The molecule has 1 amide bonds. The summed E-state index contributed by atoms with van der Waals surface area (Å²) in [6.07, 6.45) is 0. The number of hydrogen-bond acceptors (Lipinski definition) is 4. The Morgan fingerprint density at radius 2 is 1.68 bits per heavy atom. The minimum atomic E-state index is -0.584. The highest BCUT2D eigenvalue weighted by molar-refractivity contribution is 8.00. The van der Waals surface area contributed by atoms with Crippen LogP contribution in [0.5, 0.6) is 0 Å². The maximum absolute atomic E-state index is 12.0. The minimum Gasteiger partial charge on any atom is -0.458 e. The summed E-state index contributed by atoms with van der Waals surface area (Å²) in [5.41, 5.74) is -0.540. The smallest absolute Gasteiger partial charge is 0.329 e. The molecule has 1 atom stereocenters. The Hall–Kier alpha value is -0.710. The first kappa shape index (κ1) is 18.3. The summed E-state index contributed by atoms with van der Waals surface area (Å²) in [7, 11) is 0. The molecule has 0 spiro atoms. The molecule has 5 heteroatoms. The van der Waals surface area contributed by atoms with Crippen molar-refractivity contribution in [1.29, 1.82) is 0 Å². The fraction of sp³-hybridized carbons (Fsp3) is 0.857. The van der Waals surface area contributed by atoms with Crippen LogP contribution in [0.1, 0.15) is 48.5 Å². The lowest BCUT2D eigenvalue weighted by Crippen LogP contribution is -2.47. The van der Waals surface area contributed by atoms with Crippen LogP contribution in [-0.2, 0) is 14.3 Å². The molecular weight excluding hydrogens is 262 g/mol. The second-order valence-electron chi connectivity index (χ2n) is 6.18. The molecule has 0 aliphatic heterocycles. The fourth-order valence-electron chi connectivity index (χ4n) is 1.32. The Bertz CT molecular complexity index is 308. The van der Waals surface area contributed by atoms with Crippen molar-refractivity contribution in [3.8, 4) is 0 Å². The molecule has 0 aliphatic carbocycles. The standard InChI is InChI=1S/C14H27NO3S/c1-9(2)12(13(17)18-14(5,6)7)15-11(16)8-19-10(3)4/h9-10,12H,8H2,1-7H3,(H,15,16)/t12-/m1/s1. The quantitative estimate of drug-likeness (QED) is 0.764. The van der Waals surface area contributed by atoms with E-state index < -0.39 is 11.6 Å². The lowest BCUT2D eigenvalue weighted by molar-refractivity contribution is -0.159. The van der Waals surface area contributed by atoms with Crippen LogP contribution in [0.4, 0.5) is 0 Å². The number of rotatable bonds is 6. The molecule has 0 aromatic heterocycles. The molecule has 0 saturated carbocycles. The predicted molar refractivity (Wildman–Crippen MR) is 80.2 cm³/mol. The van der Waals surface area contributed by atoms with Crippen molar-refractivity contribution in [1.82, 2.24) is 5.32 Å². The van der Waals surface area contributed by atoms with E-state index in [9.17, 15) is 9.59 Å². The Kier molecular flexibility index (Phi) is 7.49. The highest BCUT2D eigenvalue weighted by Gasteiger charge is 2.29. The summed E-state index contributed by atoms with van der Waals surface area (Å²) >= 11 is 1.55. The first-order valence-corrected chi connectivity index (χ1v) is 7.71. The molecule has 0 aromatic rings. The Morgan fingerprint density at radius 1 is 1.16 bits per heavy atom. The molecule has 0 rings (SSSR count). The van der Waals surface area contributed by atoms with E-state index >= 15 is 0 Å². The summed E-state index contributed by atoms with van der Waals surface area (Å²) in [5.74, 6) is -0.125. The summed E-state index contributed by atoms with van der Waals surface area (Å²) in [5, 5.41) is 3.15. The van der Waals surface area contributed by atoms with E-state index in [0.717, 1.165) is 0 Å². The van der Waals surface area contributed by atoms with Crippen molar-refractivity contribution in [3.63, 3.8) is 0 Å². The van der Waals surface area contributed by atoms with Gasteiger partial charge in [0.05, 0.1) is 5.75 Å². The topological polar surface area (TPSA) is 55.4 Å². The number of thioether (sulfide) groups is 1. The molecule has 0 aromatic carbocycles. The van der Waals surface area contributed by atoms with E-state index in [0.29, 0.717) is 11.0 Å². The van der Waals surface area contributed by atoms with Crippen LogP contribution in [0.2, 0.25) is 0 Å². The molecule has 0 saturated heterocycles. The van der Waals surface area contributed by atoms with Crippen molar-refractivity contribution in [2.45, 2.75) is 65.4 Å². The summed E-state index contributed by atoms with van der Waals surface area (Å²) in [6.45, 7) is 13.3. The van der Waals surface area contributed by atoms with Gasteiger partial charge in [-0.25, -0.2) is 4.79 Å². The van der Waals surface area contributed by atoms with Crippen molar-refractivity contribution < 1.29 is 14.3 Å². The number of carbonyl (C=O) groups is 2. The minimum absolute atomic E-state index is 0.00264. The lowest BCUT2D eigenvalue weighted by atomic mass is 10.0. The highest BCUT2D eigenvalue weighted by Crippen LogP contribution is 2.13. The predicted octanol–water partition coefficient (Wildman–Crippen LogP) is 2.61. The Morgan fingerprint density at radius 3 is 2.05 bits per heavy atom. The first-order chi connectivity index (χ1) is 8.53. The van der Waals surface area contributed by atoms with Crippen LogP contribution in [0.3, 0.4) is 0 Å². The third-order valence-corrected chi connectivity index (χ3v) is 3.29. The van der Waals surface area contributed by atoms with E-state index in [4.69, 9.17) is 4.74 Å². The maximum atomic E-state index is 12.0. The number of carbonyl (C=O) groups excluding carboxylic acids is 2. The van der Waals surface area contributed by atoms with Crippen molar-refractivity contribution >= 4 is 23.6 Å². The zero-order valence-electron chi connectivity index (χ0n) is 13.1. The largest absolute Gasteiger partial charge is 0.458 e. The number of nitrogens with one attached hydrogen (secondary N) is 1. The van der Waals surface area contributed by atoms with Gasteiger partial charge in [0.25, 0.3) is 0 Å². The average molecular weight is 289 g/mol. The number of amides is 1. The van der Waals surface area contributed by atoms with E-state index in [-0.39, 0.29) is 17.8 Å². The molecule has 0 bridgehead atoms. The van der Waals surface area contributed by atoms with Crippen LogP contribution >= 0.6 is 11.8 Å². The first-order valence-electron chi connectivity index (χ1n) is 6.66. The van der Waals surface area contributed by atoms with Crippen LogP contribution in [0, 0.1) is 5.92 Å². The van der Waals surface area contributed by atoms with Gasteiger partial charge in [-0.1, -0.05) is 27.7 Å². The number of ether oxygens (including phenoxy) is 1. The maximum Gasteiger partial charge on any atom is 0.329 e. The fourth-order valence-corrected chi connectivity index (χ4v) is 1.89. The lowest BCUT2D eigenvalue weighted by Gasteiger charge is -2.26. The van der Waals surface area contributed by atoms with E-state index in [1.54, 1.807) is 11.8 Å². The molecular formula is C14H27NO3S. The molecule has 0 fully saturated rings. The SMILES string of the molecule is CC(C)SCC(=O)N[C@@H](C(=O)OC(C)(C)C)C(C)C. The van der Waals surface area contributed by atoms with Gasteiger partial charge in [0.2, 0.25) is 5.91 Å². The molecule has 19 heavy (non-hydrogen) atoms. The van der Waals surface area contributed by atoms with Crippen LogP contribution < -0.4 is 5.32 Å². The van der Waals surface area contributed by atoms with Gasteiger partial charge < -0.3 is 10.1 Å². The van der Waals surface area contributed by atoms with Gasteiger partial charge in [-0.2, -0.15) is 0 Å². The summed E-state index contributed by atoms with van der Waals surface area (Å²) < 4.78 is 5.33. The zero-order valence-corrected chi connectivity index (χ0v) is 13.9. The molecule has 0 aliphatic rings. The Labute approximate surface area is 121 Å². The third-order valence-electron chi connectivity index (χ3n) is 2.19. The van der Waals surface area contributed by atoms with Crippen LogP contribution in [0.25, 0.3) is 0 Å². The second kappa shape index (κ2) is 7.78. The normalized spacial score (nSPS) is 13.5. The second-order valence-corrected chi connectivity index (χ2v) is 7.75. The summed E-state index contributed by atoms with van der Waals surface area (Å²) in [4.78, 5) is 23.8. The van der Waals surface area contributed by atoms with E-state index in [1.807, 2.05) is 48.5 Å². The molecule has 4 nitrogen and oxygen atoms in total. The van der Waals surface area contributed by atoms with Crippen molar-refractivity contribution in [3.05, 3.63) is 0 Å². The van der Waals surface area contributed by atoms with Gasteiger partial charge in [0.1, 0.15) is 11.6 Å². The van der Waals surface area contributed by atoms with Crippen LogP contribution in [-0.4, -0.2) is 34.5 Å². The van der Waals surface area contributed by atoms with E-state index in [2.05, 4.69) is 5.32 Å². The molecule has 0 heterocycles. The van der Waals surface area contributed by atoms with Crippen molar-refractivity contribution in [2.24, 2.45) is 5.92 Å². The number of esters is 1. The van der Waals surface area contributed by atoms with Crippen LogP contribution in [0.15, 0.2) is 0 Å². The Balaban J connectivity index is 4.49. The molecule has 1 N–H and O–H groups in total. The molecule has 0 unspecified atom stereocenters. The van der Waals surface area contributed by atoms with Gasteiger partial charge in [-0.3, -0.25) is 4.79 Å². The average Bonchev–Trinajstić information content (AvgIpc) is 2.19. The summed E-state index contributed by atoms with van der Waals surface area (Å²) in [6, 6.07) is -0.584. The van der Waals surface area contributed by atoms with Gasteiger partial charge in [0, 0.05) is 0 Å². The number of hydrogen-bond donors (Lipinski definition) is 1. The van der Waals surface area contributed by atoms with Gasteiger partial charge >= 0.3 is 5.97 Å². The molecule has 0 radical (unpaired) electrons. The van der Waals surface area contributed by atoms with Crippen molar-refractivity contribution in [2.75, 3.05) is 5.75 Å². The third kappa shape index (κ3) is 8.92.